The number of carbonyl (C=O) groups is 2. The third-order valence-electron chi connectivity index (χ3n) is 8.58. The highest BCUT2D eigenvalue weighted by molar-refractivity contribution is 14.1. The van der Waals surface area contributed by atoms with Crippen LogP contribution >= 0.6 is 22.6 Å². The number of aliphatic hydroxyl groups is 3. The Hall–Kier alpha value is -1.93. The minimum atomic E-state index is -1.13. The lowest BCUT2D eigenvalue weighted by Crippen LogP contribution is -2.56. The van der Waals surface area contributed by atoms with E-state index in [4.69, 9.17) is 14.2 Å². The van der Waals surface area contributed by atoms with Crippen molar-refractivity contribution in [3.63, 3.8) is 0 Å². The molecule has 4 atom stereocenters. The summed E-state index contributed by atoms with van der Waals surface area (Å²) in [5, 5.41) is 33.4. The molecule has 1 saturated heterocycles. The van der Waals surface area contributed by atoms with E-state index in [-0.39, 0.29) is 44.1 Å². The second-order valence-corrected chi connectivity index (χ2v) is 13.2. The molecule has 1 aromatic rings. The van der Waals surface area contributed by atoms with Gasteiger partial charge in [0.2, 0.25) is 11.8 Å². The van der Waals surface area contributed by atoms with Crippen molar-refractivity contribution in [2.24, 2.45) is 0 Å². The first-order valence-corrected chi connectivity index (χ1v) is 17.7. The third kappa shape index (κ3) is 11.7. The lowest BCUT2D eigenvalue weighted by atomic mass is 9.87. The number of nitrogens with one attached hydrogen (secondary N) is 1. The Labute approximate surface area is 282 Å². The van der Waals surface area contributed by atoms with E-state index in [1.807, 2.05) is 0 Å². The van der Waals surface area contributed by atoms with E-state index in [2.05, 4.69) is 34.8 Å². The highest BCUT2D eigenvalue weighted by Gasteiger charge is 2.41. The molecule has 0 bridgehead atoms. The fraction of sp³-hybridized carbons (Fsp3) is 0.706. The first kappa shape index (κ1) is 37.5. The minimum Gasteiger partial charge on any atom is -0.493 e. The van der Waals surface area contributed by atoms with Gasteiger partial charge in [-0.1, -0.05) is 58.3 Å². The van der Waals surface area contributed by atoms with Gasteiger partial charge >= 0.3 is 0 Å². The van der Waals surface area contributed by atoms with Crippen LogP contribution in [0.2, 0.25) is 0 Å². The summed E-state index contributed by atoms with van der Waals surface area (Å²) >= 11 is 2.09. The van der Waals surface area contributed by atoms with Crippen molar-refractivity contribution in [2.75, 3.05) is 33.4 Å². The minimum absolute atomic E-state index is 0.0623. The summed E-state index contributed by atoms with van der Waals surface area (Å²) in [6.45, 7) is 2.90. The first-order valence-electron chi connectivity index (χ1n) is 16.7. The SMILES string of the molecule is CCCCCCCCCCCC(=O)N(C[C@@H]1CCCO1)[C@@H]1CC(C(=O)NCCO)=C[C@H](Oc2c(I)cc(CO)cc2OC)[C@H]1O. The zero-order chi connectivity index (χ0) is 32.6. The Morgan fingerprint density at radius 1 is 1.09 bits per heavy atom. The third-order valence-corrected chi connectivity index (χ3v) is 9.38. The molecule has 0 radical (unpaired) electrons. The molecule has 11 heteroatoms. The number of hydrogen-bond acceptors (Lipinski definition) is 8. The van der Waals surface area contributed by atoms with Crippen LogP contribution < -0.4 is 14.8 Å². The van der Waals surface area contributed by atoms with Crippen LogP contribution in [0.3, 0.4) is 0 Å². The quantitative estimate of drug-likeness (QED) is 0.112. The number of nitrogens with zero attached hydrogens (tertiary/aromatic N) is 1. The Kier molecular flexibility index (Phi) is 17.0. The second kappa shape index (κ2) is 20.3. The Bertz CT molecular complexity index is 1090. The summed E-state index contributed by atoms with van der Waals surface area (Å²) in [5.74, 6) is 0.318. The molecule has 1 aliphatic carbocycles. The molecule has 1 fully saturated rings. The number of hydrogen-bond donors (Lipinski definition) is 4. The molecular formula is C34H53IN2O8. The maximum atomic E-state index is 13.8. The summed E-state index contributed by atoms with van der Waals surface area (Å²) in [5.41, 5.74) is 1.02. The molecule has 254 valence electrons. The van der Waals surface area contributed by atoms with Crippen LogP contribution in [0.5, 0.6) is 11.5 Å². The van der Waals surface area contributed by atoms with E-state index >= 15 is 0 Å². The Morgan fingerprint density at radius 3 is 2.42 bits per heavy atom. The molecule has 0 unspecified atom stereocenters. The Balaban J connectivity index is 1.80. The smallest absolute Gasteiger partial charge is 0.247 e. The van der Waals surface area contributed by atoms with E-state index in [0.29, 0.717) is 45.8 Å². The molecule has 0 aromatic heterocycles. The number of benzene rings is 1. The van der Waals surface area contributed by atoms with Gasteiger partial charge in [-0.15, -0.1) is 0 Å². The van der Waals surface area contributed by atoms with Gasteiger partial charge in [0, 0.05) is 38.1 Å². The van der Waals surface area contributed by atoms with E-state index in [0.717, 1.165) is 32.1 Å². The predicted molar refractivity (Wildman–Crippen MR) is 181 cm³/mol. The van der Waals surface area contributed by atoms with Crippen molar-refractivity contribution in [3.05, 3.63) is 32.9 Å². The number of rotatable bonds is 20. The van der Waals surface area contributed by atoms with Gasteiger partial charge < -0.3 is 39.7 Å². The van der Waals surface area contributed by atoms with E-state index in [1.54, 1.807) is 23.1 Å². The van der Waals surface area contributed by atoms with Gasteiger partial charge in [0.25, 0.3) is 0 Å². The van der Waals surface area contributed by atoms with Crippen molar-refractivity contribution < 1.29 is 39.1 Å². The highest BCUT2D eigenvalue weighted by Crippen LogP contribution is 2.37. The summed E-state index contributed by atoms with van der Waals surface area (Å²) in [6, 6.07) is 2.72. The largest absolute Gasteiger partial charge is 0.493 e. The van der Waals surface area contributed by atoms with Crippen LogP contribution in [0.25, 0.3) is 0 Å². The van der Waals surface area contributed by atoms with Gasteiger partial charge in [-0.25, -0.2) is 0 Å². The van der Waals surface area contributed by atoms with Crippen molar-refractivity contribution in [3.8, 4) is 11.5 Å². The average molecular weight is 745 g/mol. The molecule has 2 aliphatic rings. The van der Waals surface area contributed by atoms with Gasteiger partial charge in [-0.3, -0.25) is 9.59 Å². The molecule has 1 heterocycles. The summed E-state index contributed by atoms with van der Waals surface area (Å²) in [6.07, 6.45) is 12.0. The zero-order valence-corrected chi connectivity index (χ0v) is 29.1. The standard InChI is InChI=1S/C34H53IN2O8/c1-3-4-5-6-7-8-9-10-11-14-31(40)37(22-26-13-12-17-44-26)28-20-25(34(42)36-15-16-38)21-29(32(28)41)45-33-27(35)18-24(23-39)19-30(33)43-2/h18-19,21,26,28-29,32,38-39,41H,3-17,20,22-23H2,1-2H3,(H,36,42)/t26-,28+,29-,32-/m0/s1. The van der Waals surface area contributed by atoms with Crippen LogP contribution in [0, 0.1) is 3.57 Å². The van der Waals surface area contributed by atoms with Crippen LogP contribution in [-0.4, -0.2) is 89.8 Å². The van der Waals surface area contributed by atoms with Gasteiger partial charge in [0.1, 0.15) is 12.2 Å². The number of halogens is 1. The summed E-state index contributed by atoms with van der Waals surface area (Å²) in [7, 11) is 1.50. The summed E-state index contributed by atoms with van der Waals surface area (Å²) in [4.78, 5) is 28.7. The number of carbonyl (C=O) groups excluding carboxylic acids is 2. The average Bonchev–Trinajstić information content (AvgIpc) is 3.56. The van der Waals surface area contributed by atoms with Crippen molar-refractivity contribution in [1.29, 1.82) is 0 Å². The maximum Gasteiger partial charge on any atom is 0.247 e. The Morgan fingerprint density at radius 2 is 1.80 bits per heavy atom. The molecule has 10 nitrogen and oxygen atoms in total. The number of methoxy groups -OCH3 is 1. The maximum absolute atomic E-state index is 13.8. The number of amides is 2. The van der Waals surface area contributed by atoms with Crippen LogP contribution in [-0.2, 0) is 20.9 Å². The number of unbranched alkanes of at least 4 members (excludes halogenated alkanes) is 8. The lowest BCUT2D eigenvalue weighted by Gasteiger charge is -2.41. The normalized spacial score (nSPS) is 21.3. The van der Waals surface area contributed by atoms with Crippen LogP contribution in [0.1, 0.15) is 96.0 Å². The molecule has 2 amide bonds. The van der Waals surface area contributed by atoms with Crippen molar-refractivity contribution >= 4 is 34.4 Å². The van der Waals surface area contributed by atoms with Crippen LogP contribution in [0.15, 0.2) is 23.8 Å². The fourth-order valence-corrected chi connectivity index (χ4v) is 6.85. The van der Waals surface area contributed by atoms with E-state index in [9.17, 15) is 24.9 Å². The topological polar surface area (TPSA) is 138 Å². The molecule has 0 spiro atoms. The van der Waals surface area contributed by atoms with Gasteiger partial charge in [-0.05, 0) is 65.6 Å². The van der Waals surface area contributed by atoms with Crippen molar-refractivity contribution in [1.82, 2.24) is 10.2 Å². The van der Waals surface area contributed by atoms with Gasteiger partial charge in [0.05, 0.1) is 36.0 Å². The fourth-order valence-electron chi connectivity index (χ4n) is 6.05. The van der Waals surface area contributed by atoms with Crippen molar-refractivity contribution in [2.45, 2.75) is 121 Å². The molecule has 0 saturated carbocycles. The summed E-state index contributed by atoms with van der Waals surface area (Å²) < 4.78 is 18.5. The molecule has 1 aromatic carbocycles. The van der Waals surface area contributed by atoms with Crippen LogP contribution in [0.4, 0.5) is 0 Å². The highest BCUT2D eigenvalue weighted by atomic mass is 127. The number of ether oxygens (including phenoxy) is 3. The predicted octanol–water partition coefficient (Wildman–Crippen LogP) is 4.64. The van der Waals surface area contributed by atoms with E-state index < -0.39 is 18.2 Å². The zero-order valence-electron chi connectivity index (χ0n) is 27.0. The monoisotopic (exact) mass is 744 g/mol. The van der Waals surface area contributed by atoms with Gasteiger partial charge in [0.15, 0.2) is 11.5 Å². The molecular weight excluding hydrogens is 691 g/mol. The molecule has 1 aliphatic heterocycles. The second-order valence-electron chi connectivity index (χ2n) is 12.0. The first-order chi connectivity index (χ1) is 21.8. The lowest BCUT2D eigenvalue weighted by molar-refractivity contribution is -0.141. The van der Waals surface area contributed by atoms with Gasteiger partial charge in [-0.2, -0.15) is 0 Å². The van der Waals surface area contributed by atoms with E-state index in [1.165, 1.54) is 45.6 Å². The molecule has 45 heavy (non-hydrogen) atoms. The number of aliphatic hydroxyl groups excluding tert-OH is 3. The molecule has 3 rings (SSSR count). The molecule has 4 N–H and O–H groups in total.